The van der Waals surface area contributed by atoms with Crippen LogP contribution < -0.4 is 109 Å². The van der Waals surface area contributed by atoms with Gasteiger partial charge in [0.05, 0.1) is 102 Å². The minimum atomic E-state index is -0.750. The molecule has 0 radical (unpaired) electrons. The molecule has 3 amide bonds. The summed E-state index contributed by atoms with van der Waals surface area (Å²) in [6.45, 7) is 14.4. The number of aryl methyl sites for hydroxylation is 4. The molecule has 11 N–H and O–H groups in total. The summed E-state index contributed by atoms with van der Waals surface area (Å²) in [6, 6.07) is 29.5. The molecule has 11 heterocycles. The van der Waals surface area contributed by atoms with Gasteiger partial charge in [0.15, 0.2) is 41.3 Å². The monoisotopic (exact) mass is 1990 g/mol. The molecule has 3 atom stereocenters. The zero-order valence-corrected chi connectivity index (χ0v) is 80.8. The molecular weight excluding hydrogens is 1890 g/mol. The van der Waals surface area contributed by atoms with E-state index in [9.17, 15) is 39.7 Å². The van der Waals surface area contributed by atoms with Gasteiger partial charge in [0, 0.05) is 97.0 Å². The Morgan fingerprint density at radius 1 is 0.504 bits per heavy atom. The van der Waals surface area contributed by atoms with Crippen LogP contribution in [0.4, 0.5) is 57.4 Å². The van der Waals surface area contributed by atoms with Gasteiger partial charge in [-0.25, -0.2) is 24.0 Å². The number of amides is 3. The number of methoxy groups -OCH3 is 2. The molecule has 0 spiro atoms. The van der Waals surface area contributed by atoms with Gasteiger partial charge in [0.25, 0.3) is 29.1 Å². The van der Waals surface area contributed by atoms with E-state index in [-0.39, 0.29) is 162 Å². The number of ether oxygens (including phenoxy) is 5. The molecule has 13 aromatic rings. The maximum Gasteiger partial charge on any atom is 1.00 e. The van der Waals surface area contributed by atoms with Crippen LogP contribution in [-0.2, 0) is 34.6 Å². The molecule has 46 heteroatoms. The average Bonchev–Trinajstić information content (AvgIpc) is 1.57. The summed E-state index contributed by atoms with van der Waals surface area (Å²) in [4.78, 5) is 90.5. The van der Waals surface area contributed by atoms with E-state index in [2.05, 4.69) is 82.2 Å². The normalized spacial score (nSPS) is 14.2. The van der Waals surface area contributed by atoms with Crippen molar-refractivity contribution in [1.29, 1.82) is 0 Å². The summed E-state index contributed by atoms with van der Waals surface area (Å²) < 4.78 is 33.1. The first kappa shape index (κ1) is 107. The van der Waals surface area contributed by atoms with E-state index in [1.54, 1.807) is 104 Å². The van der Waals surface area contributed by atoms with Crippen LogP contribution in [0.15, 0.2) is 109 Å². The van der Waals surface area contributed by atoms with Crippen molar-refractivity contribution in [3.05, 3.63) is 202 Å². The molecule has 0 saturated carbocycles. The number of H-pyrrole nitrogens is 1. The number of hydrogen-bond donors (Lipinski definition) is 9. The van der Waals surface area contributed by atoms with E-state index in [1.165, 1.54) is 50.6 Å². The van der Waals surface area contributed by atoms with Gasteiger partial charge in [-0.15, -0.1) is 5.60 Å². The van der Waals surface area contributed by atoms with Gasteiger partial charge < -0.3 is 79.6 Å². The number of anilines is 8. The number of benzene rings is 5. The maximum atomic E-state index is 12.5. The standard InChI is InChI=1S/C26H28N8O5.C19H21ClN6O2.C11H12Cl2N4O.C8H10N2O.C7H8N2O3.C6H4Cl2N4.C4H9O.CH4.CH3.K.Pd/c1-15-22-23(28-18-9-5-4-8-17(18)25(35)27-2)30-26(29-19-14-16(34(36)37)11-12-20(19)38-3)31-24(22)33(32-15)21-10-6-7-13-39-21;1-11-15-16(22-13-8-4-3-7-12(13)18(27)21-2)23-19(20)24-17(15)26(25-11)14-9-5-6-10-28-14;1-6-8-9(12)14-11(13)15-10(8)17(16-6)7-4-2-3-5-18-7;1-10-8(11)6-4-2-3-5-7(6)9;1-12-7-3-2-5(9(10)11)4-6(7)8;1-2-3-4(7)9-6(8)10-5(3)12-11-2;1-4(2,3)5;;;;/h4-5,8-9,11-12,14,21H,6-7,10,13H2,1-3H3,(H,27,35)(H2,28,29,30,31);3-4,7-8,14H,5-6,9-10H2,1-2H3,(H,21,27)(H,22,23,24);7H,2-5H2,1H3;2-5H,9H2,1H3,(H,10,11);2-4H,8H2,1H3;1H3,(H,9,10,11,12);1-3H3;1H4;1H3;;/q;;;;;;-1;;-1;+1;. The maximum absolute atomic E-state index is 12.5. The summed E-state index contributed by atoms with van der Waals surface area (Å²) >= 11 is 29.5. The predicted octanol–water partition coefficient (Wildman–Crippen LogP) is 13.3. The van der Waals surface area contributed by atoms with Gasteiger partial charge in [-0.3, -0.25) is 39.7 Å². The van der Waals surface area contributed by atoms with Crippen LogP contribution in [0.3, 0.4) is 0 Å². The number of aromatic amines is 1. The minimum absolute atomic E-state index is 0. The Morgan fingerprint density at radius 2 is 0.891 bits per heavy atom. The van der Waals surface area contributed by atoms with Crippen LogP contribution >= 0.6 is 58.0 Å². The summed E-state index contributed by atoms with van der Waals surface area (Å²) in [5.41, 5.74) is 19.1. The van der Waals surface area contributed by atoms with E-state index in [0.717, 1.165) is 97.6 Å². The fraction of sp³-hybridized carbons (Fsp3) is 0.349. The van der Waals surface area contributed by atoms with Crippen LogP contribution in [0, 0.1) is 55.4 Å². The van der Waals surface area contributed by atoms with Crippen molar-refractivity contribution in [2.45, 2.75) is 138 Å². The summed E-state index contributed by atoms with van der Waals surface area (Å²) in [5.74, 6) is 1.29. The van der Waals surface area contributed by atoms with Crippen molar-refractivity contribution >= 4 is 177 Å². The number of nitro benzene ring substituents is 2. The predicted molar refractivity (Wildman–Crippen MR) is 489 cm³/mol. The number of hydrogen-bond acceptors (Lipinski definition) is 30. The number of aromatic nitrogens is 16. The Kier molecular flexibility index (Phi) is 41.8. The Morgan fingerprint density at radius 3 is 1.33 bits per heavy atom. The SMILES string of the molecule is C.CC(C)(C)[O-].CNC(=O)c1ccccc1N.CNC(=O)c1ccccc1Nc1nc(Cl)nc2c1c(C)nn2C1CCCCO1.CNC(=O)c1ccccc1Nc1nc(Nc2cc([N+](=O)[O-])ccc2OC)nc2c1c(C)nn2C1CCCCO1.COc1ccc([N+](=O)[O-])cc1N.Cc1[nH]nc2nc(Cl)nc(Cl)c12.Cc1nn(C2CCCCO2)c2nc(Cl)nc(Cl)c12.[CH3-].[K+].[Pd]. The van der Waals surface area contributed by atoms with Gasteiger partial charge in [-0.1, -0.05) is 87.8 Å². The van der Waals surface area contributed by atoms with Gasteiger partial charge in [0.1, 0.15) is 33.4 Å². The Hall–Kier alpha value is -10.3. The minimum Gasteiger partial charge on any atom is -0.850 e. The van der Waals surface area contributed by atoms with Crippen molar-refractivity contribution in [2.75, 3.05) is 82.6 Å². The Labute approximate surface area is 824 Å². The molecule has 39 nitrogen and oxygen atoms in total. The second-order valence-corrected chi connectivity index (χ2v) is 30.5. The molecule has 3 aliphatic rings. The zero-order chi connectivity index (χ0) is 90.5. The van der Waals surface area contributed by atoms with Gasteiger partial charge in [0.2, 0.25) is 21.8 Å². The number of non-ortho nitro benzene ring substituents is 2. The molecular formula is C83H99Cl5KN26O13Pd-. The molecule has 16 rings (SSSR count). The van der Waals surface area contributed by atoms with Crippen molar-refractivity contribution in [1.82, 2.24) is 95.4 Å². The number of nitro groups is 2. The van der Waals surface area contributed by atoms with E-state index in [4.69, 9.17) is 108 Å². The van der Waals surface area contributed by atoms with E-state index in [1.807, 2.05) is 52.0 Å². The number of carbonyl (C=O) groups excluding carboxylic acids is 3. The number of nitrogens with zero attached hydrogens (tertiary/aromatic N) is 17. The van der Waals surface area contributed by atoms with E-state index < -0.39 is 15.4 Å². The third-order valence-corrected chi connectivity index (χ3v) is 19.7. The van der Waals surface area contributed by atoms with Crippen molar-refractivity contribution < 1.29 is 125 Å². The van der Waals surface area contributed by atoms with Crippen LogP contribution in [0.5, 0.6) is 11.5 Å². The van der Waals surface area contributed by atoms with Crippen LogP contribution in [0.25, 0.3) is 44.1 Å². The molecule has 3 unspecified atom stereocenters. The summed E-state index contributed by atoms with van der Waals surface area (Å²) in [5, 5.41) is 73.5. The average molecular weight is 1990 g/mol. The molecule has 686 valence electrons. The van der Waals surface area contributed by atoms with Crippen molar-refractivity contribution in [2.24, 2.45) is 0 Å². The zero-order valence-electron chi connectivity index (χ0n) is 72.4. The van der Waals surface area contributed by atoms with Crippen LogP contribution in [-0.4, -0.2) is 168 Å². The number of nitrogen functional groups attached to an aromatic ring is 2. The smallest absolute Gasteiger partial charge is 0.850 e. The third-order valence-electron chi connectivity index (χ3n) is 18.7. The van der Waals surface area contributed by atoms with Crippen molar-refractivity contribution in [3.63, 3.8) is 0 Å². The Bertz CT molecular complexity index is 6020. The number of nitrogens with two attached hydrogens (primary N) is 2. The largest absolute Gasteiger partial charge is 1.00 e. The van der Waals surface area contributed by atoms with Gasteiger partial charge >= 0.3 is 51.4 Å². The van der Waals surface area contributed by atoms with E-state index in [0.29, 0.717) is 120 Å². The molecule has 0 aliphatic carbocycles. The quantitative estimate of drug-likeness (QED) is 0.00825. The van der Waals surface area contributed by atoms with E-state index >= 15 is 0 Å². The van der Waals surface area contributed by atoms with Crippen LogP contribution in [0.2, 0.25) is 26.2 Å². The molecule has 0 bridgehead atoms. The number of carbonyl (C=O) groups is 3. The summed E-state index contributed by atoms with van der Waals surface area (Å²) in [6.07, 6.45) is 8.35. The number of rotatable bonds is 16. The third kappa shape index (κ3) is 28.4. The number of halogens is 5. The summed E-state index contributed by atoms with van der Waals surface area (Å²) in [7, 11) is 7.66. The Balaban J connectivity index is 0.000000250. The van der Waals surface area contributed by atoms with Gasteiger partial charge in [-0.05, 0) is 169 Å². The van der Waals surface area contributed by atoms with Crippen LogP contribution in [0.1, 0.15) is 159 Å². The molecule has 3 saturated heterocycles. The fourth-order valence-electron chi connectivity index (χ4n) is 12.9. The first-order valence-corrected chi connectivity index (χ1v) is 40.9. The molecule has 5 aromatic carbocycles. The van der Waals surface area contributed by atoms with Gasteiger partial charge in [-0.2, -0.15) is 50.3 Å². The fourth-order valence-corrected chi connectivity index (χ4v) is 14.1. The second-order valence-electron chi connectivity index (χ2n) is 28.7. The topological polar surface area (TPSA) is 516 Å². The van der Waals surface area contributed by atoms with Crippen molar-refractivity contribution in [3.8, 4) is 11.5 Å². The molecule has 129 heavy (non-hydrogen) atoms. The number of nitrogens with one attached hydrogen (secondary N) is 7. The second kappa shape index (κ2) is 50.2. The first-order valence-electron chi connectivity index (χ1n) is 39.0. The molecule has 8 aromatic heterocycles. The number of para-hydroxylation sites is 3. The number of fused-ring (bicyclic) bond motifs is 4. The molecule has 3 aliphatic heterocycles. The molecule has 3 fully saturated rings. The first-order chi connectivity index (χ1) is 59.7.